The van der Waals surface area contributed by atoms with Crippen molar-refractivity contribution in [1.82, 2.24) is 4.90 Å². The molecule has 152 valence electrons. The Morgan fingerprint density at radius 1 is 1.07 bits per heavy atom. The number of fused-ring (bicyclic) bond motifs is 1. The molecule has 2 aromatic rings. The van der Waals surface area contributed by atoms with E-state index in [2.05, 4.69) is 0 Å². The number of hydrogen-bond donors (Lipinski definition) is 1. The van der Waals surface area contributed by atoms with Gasteiger partial charge in [-0.15, -0.1) is 0 Å². The van der Waals surface area contributed by atoms with Crippen LogP contribution in [0.15, 0.2) is 42.5 Å². The predicted octanol–water partition coefficient (Wildman–Crippen LogP) is 3.93. The van der Waals surface area contributed by atoms with Crippen molar-refractivity contribution in [3.63, 3.8) is 0 Å². The highest BCUT2D eigenvalue weighted by atomic mass is 35.5. The van der Waals surface area contributed by atoms with Gasteiger partial charge in [0.15, 0.2) is 0 Å². The van der Waals surface area contributed by atoms with Crippen LogP contribution in [0.5, 0.6) is 5.75 Å². The lowest BCUT2D eigenvalue weighted by atomic mass is 9.96. The van der Waals surface area contributed by atoms with Gasteiger partial charge in [0.25, 0.3) is 0 Å². The number of carboxylic acids is 1. The fourth-order valence-electron chi connectivity index (χ4n) is 3.88. The molecule has 2 aromatic carbocycles. The molecule has 29 heavy (non-hydrogen) atoms. The molecular weight excluding hydrogens is 394 g/mol. The monoisotopic (exact) mass is 415 g/mol. The Labute approximate surface area is 174 Å². The molecule has 1 amide bonds. The van der Waals surface area contributed by atoms with Gasteiger partial charge in [-0.1, -0.05) is 29.8 Å². The van der Waals surface area contributed by atoms with Crippen molar-refractivity contribution in [2.45, 2.75) is 25.4 Å². The van der Waals surface area contributed by atoms with Crippen LogP contribution in [0.1, 0.15) is 40.4 Å². The van der Waals surface area contributed by atoms with E-state index in [1.807, 2.05) is 17.0 Å². The van der Waals surface area contributed by atoms with Gasteiger partial charge < -0.3 is 19.5 Å². The molecule has 0 aliphatic carbocycles. The molecule has 1 saturated heterocycles. The third-order valence-corrected chi connectivity index (χ3v) is 5.79. The maximum absolute atomic E-state index is 13.4. The van der Waals surface area contributed by atoms with Crippen molar-refractivity contribution in [3.8, 4) is 5.75 Å². The number of nitrogens with zero attached hydrogens (tertiary/aromatic N) is 1. The average Bonchev–Trinajstić information content (AvgIpc) is 2.93. The van der Waals surface area contributed by atoms with E-state index in [-0.39, 0.29) is 30.0 Å². The quantitative estimate of drug-likeness (QED) is 0.822. The second kappa shape index (κ2) is 8.43. The molecule has 7 heteroatoms. The van der Waals surface area contributed by atoms with Crippen LogP contribution >= 0.6 is 11.6 Å². The van der Waals surface area contributed by atoms with Crippen LogP contribution in [-0.2, 0) is 16.1 Å². The van der Waals surface area contributed by atoms with Crippen LogP contribution in [0, 0.1) is 5.92 Å². The highest BCUT2D eigenvalue weighted by Crippen LogP contribution is 2.35. The zero-order valence-electron chi connectivity index (χ0n) is 15.8. The van der Waals surface area contributed by atoms with Gasteiger partial charge in [0.05, 0.1) is 18.2 Å². The maximum Gasteiger partial charge on any atom is 0.335 e. The smallest absolute Gasteiger partial charge is 0.335 e. The van der Waals surface area contributed by atoms with Crippen LogP contribution < -0.4 is 4.74 Å². The number of hydrogen-bond acceptors (Lipinski definition) is 4. The van der Waals surface area contributed by atoms with Gasteiger partial charge in [0.2, 0.25) is 5.91 Å². The van der Waals surface area contributed by atoms with Crippen molar-refractivity contribution in [3.05, 3.63) is 64.2 Å². The van der Waals surface area contributed by atoms with Gasteiger partial charge in [-0.05, 0) is 42.7 Å². The van der Waals surface area contributed by atoms with Crippen LogP contribution in [-0.4, -0.2) is 41.7 Å². The summed E-state index contributed by atoms with van der Waals surface area (Å²) in [7, 11) is 0. The van der Waals surface area contributed by atoms with Gasteiger partial charge in [-0.25, -0.2) is 4.79 Å². The Balaban J connectivity index is 1.69. The first-order chi connectivity index (χ1) is 14.0. The number of ether oxygens (including phenoxy) is 2. The number of halogens is 1. The van der Waals surface area contributed by atoms with E-state index in [1.54, 1.807) is 24.3 Å². The van der Waals surface area contributed by atoms with Crippen LogP contribution in [0.3, 0.4) is 0 Å². The topological polar surface area (TPSA) is 76.1 Å². The third-order valence-electron chi connectivity index (χ3n) is 5.54. The summed E-state index contributed by atoms with van der Waals surface area (Å²) in [6.45, 7) is 1.78. The number of amides is 1. The standard InChI is InChI=1S/C22H22ClNO5/c23-18-5-3-14(4-6-18)19-13-29-20-11-16(22(26)27)1-2-17(20)12-24(19)21(25)15-7-9-28-10-8-15/h1-6,11,15,19H,7-10,12-13H2,(H,26,27)/t19-/m1/s1. The Bertz CT molecular complexity index is 908. The highest BCUT2D eigenvalue weighted by molar-refractivity contribution is 6.30. The maximum atomic E-state index is 13.4. The lowest BCUT2D eigenvalue weighted by molar-refractivity contribution is -0.142. The molecule has 1 fully saturated rings. The van der Waals surface area contributed by atoms with E-state index in [1.165, 1.54) is 6.07 Å². The molecule has 2 heterocycles. The first-order valence-electron chi connectivity index (χ1n) is 9.65. The molecule has 1 N–H and O–H groups in total. The summed E-state index contributed by atoms with van der Waals surface area (Å²) in [5, 5.41) is 9.90. The van der Waals surface area contributed by atoms with E-state index >= 15 is 0 Å². The van der Waals surface area contributed by atoms with Crippen molar-refractivity contribution < 1.29 is 24.2 Å². The molecule has 4 rings (SSSR count). The number of carbonyl (C=O) groups excluding carboxylic acids is 1. The summed E-state index contributed by atoms with van der Waals surface area (Å²) in [6.07, 6.45) is 1.41. The summed E-state index contributed by atoms with van der Waals surface area (Å²) in [5.41, 5.74) is 1.89. The zero-order chi connectivity index (χ0) is 20.4. The minimum Gasteiger partial charge on any atom is -0.491 e. The number of aromatic carboxylic acids is 1. The number of rotatable bonds is 3. The number of benzene rings is 2. The zero-order valence-corrected chi connectivity index (χ0v) is 16.6. The predicted molar refractivity (Wildman–Crippen MR) is 107 cm³/mol. The molecule has 0 unspecified atom stereocenters. The molecule has 0 bridgehead atoms. The summed E-state index contributed by atoms with van der Waals surface area (Å²) >= 11 is 6.04. The van der Waals surface area contributed by atoms with E-state index < -0.39 is 5.97 Å². The molecular formula is C22H22ClNO5. The minimum absolute atomic E-state index is 0.0759. The van der Waals surface area contributed by atoms with E-state index in [0.717, 1.165) is 11.1 Å². The first kappa shape index (κ1) is 19.7. The van der Waals surface area contributed by atoms with E-state index in [0.29, 0.717) is 43.4 Å². The Kier molecular flexibility index (Phi) is 5.74. The lowest BCUT2D eigenvalue weighted by Crippen LogP contribution is -2.41. The first-order valence-corrected chi connectivity index (χ1v) is 10.0. The molecule has 1 atom stereocenters. The Morgan fingerprint density at radius 2 is 1.79 bits per heavy atom. The van der Waals surface area contributed by atoms with Gasteiger partial charge >= 0.3 is 5.97 Å². The highest BCUT2D eigenvalue weighted by Gasteiger charge is 2.34. The summed E-state index contributed by atoms with van der Waals surface area (Å²) in [6, 6.07) is 11.9. The molecule has 0 saturated carbocycles. The van der Waals surface area contributed by atoms with Crippen LogP contribution in [0.2, 0.25) is 5.02 Å². The van der Waals surface area contributed by atoms with Gasteiger partial charge in [-0.2, -0.15) is 0 Å². The second-order valence-electron chi connectivity index (χ2n) is 7.36. The third kappa shape index (κ3) is 4.23. The van der Waals surface area contributed by atoms with Gasteiger partial charge in [0.1, 0.15) is 12.4 Å². The lowest BCUT2D eigenvalue weighted by Gasteiger charge is -2.34. The largest absolute Gasteiger partial charge is 0.491 e. The van der Waals surface area contributed by atoms with Crippen LogP contribution in [0.25, 0.3) is 0 Å². The molecule has 2 aliphatic rings. The number of carbonyl (C=O) groups is 2. The normalized spacial score (nSPS) is 19.8. The van der Waals surface area contributed by atoms with Gasteiger partial charge in [0, 0.05) is 29.7 Å². The molecule has 2 aliphatic heterocycles. The summed E-state index contributed by atoms with van der Waals surface area (Å²) in [4.78, 5) is 26.6. The average molecular weight is 416 g/mol. The minimum atomic E-state index is -1.01. The van der Waals surface area contributed by atoms with Gasteiger partial charge in [-0.3, -0.25) is 4.79 Å². The van der Waals surface area contributed by atoms with Crippen molar-refractivity contribution in [2.24, 2.45) is 5.92 Å². The SMILES string of the molecule is O=C(O)c1ccc2c(c1)OC[C@H](c1ccc(Cl)cc1)N(C(=O)C1CCOCC1)C2. The molecule has 6 nitrogen and oxygen atoms in total. The second-order valence-corrected chi connectivity index (χ2v) is 7.80. The summed E-state index contributed by atoms with van der Waals surface area (Å²) in [5.74, 6) is -0.512. The van der Waals surface area contributed by atoms with E-state index in [4.69, 9.17) is 21.1 Å². The van der Waals surface area contributed by atoms with Crippen molar-refractivity contribution >= 4 is 23.5 Å². The molecule has 0 radical (unpaired) electrons. The van der Waals surface area contributed by atoms with E-state index in [9.17, 15) is 14.7 Å². The Morgan fingerprint density at radius 3 is 2.48 bits per heavy atom. The summed E-state index contributed by atoms with van der Waals surface area (Å²) < 4.78 is 11.4. The number of carboxylic acid groups (broad SMARTS) is 1. The van der Waals surface area contributed by atoms with Crippen molar-refractivity contribution in [2.75, 3.05) is 19.8 Å². The fraction of sp³-hybridized carbons (Fsp3) is 0.364. The molecule has 0 aromatic heterocycles. The van der Waals surface area contributed by atoms with Crippen LogP contribution in [0.4, 0.5) is 0 Å². The Hall–Kier alpha value is -2.57. The fourth-order valence-corrected chi connectivity index (χ4v) is 4.00. The molecule has 0 spiro atoms. The van der Waals surface area contributed by atoms with Crippen molar-refractivity contribution in [1.29, 1.82) is 0 Å².